The van der Waals surface area contributed by atoms with Crippen LogP contribution >= 0.6 is 0 Å². The topological polar surface area (TPSA) is 49.1 Å². The Bertz CT molecular complexity index is 4170. The summed E-state index contributed by atoms with van der Waals surface area (Å²) in [6, 6.07) is 99.3. The molecule has 3 heterocycles. The number of furan rings is 3. The highest BCUT2D eigenvalue weighted by atomic mass is 16.4. The minimum Gasteiger partial charge on any atom is -0.456 e. The van der Waals surface area contributed by atoms with Crippen LogP contribution in [0.1, 0.15) is 0 Å². The van der Waals surface area contributed by atoms with Gasteiger partial charge in [-0.1, -0.05) is 109 Å². The van der Waals surface area contributed by atoms with E-state index in [2.05, 4.69) is 263 Å². The molecule has 0 aliphatic rings. The Hall–Kier alpha value is -10.3. The molecule has 0 aliphatic carbocycles. The van der Waals surface area contributed by atoms with Gasteiger partial charge in [-0.15, -0.1) is 0 Å². The Kier molecular flexibility index (Phi) is 11.1. The average Bonchev–Trinajstić information content (AvgIpc) is 4.39. The Morgan fingerprint density at radius 1 is 0.211 bits per heavy atom. The monoisotopic (exact) mass is 977 g/mol. The van der Waals surface area contributed by atoms with Crippen molar-refractivity contribution in [3.05, 3.63) is 285 Å². The van der Waals surface area contributed by atoms with Gasteiger partial charge in [-0.3, -0.25) is 0 Å². The zero-order valence-electron chi connectivity index (χ0n) is 41.2. The van der Waals surface area contributed by atoms with E-state index in [1.165, 1.54) is 0 Å². The van der Waals surface area contributed by atoms with E-state index >= 15 is 0 Å². The number of benzene rings is 11. The molecule has 14 aromatic rings. The quantitative estimate of drug-likeness (QED) is 0.122. The second kappa shape index (κ2) is 19.0. The van der Waals surface area contributed by atoms with Gasteiger partial charge in [0, 0.05) is 89.4 Å². The molecule has 0 bridgehead atoms. The summed E-state index contributed by atoms with van der Waals surface area (Å²) in [6.07, 6.45) is 0. The van der Waals surface area contributed by atoms with Crippen molar-refractivity contribution in [1.29, 1.82) is 0 Å². The predicted octanol–water partition coefficient (Wildman–Crippen LogP) is 20.5. The number of hydrogen-bond acceptors (Lipinski definition) is 6. The molecule has 0 fully saturated rings. The Morgan fingerprint density at radius 2 is 0.487 bits per heavy atom. The minimum absolute atomic E-state index is 0.681. The number of rotatable bonds is 12. The first-order chi connectivity index (χ1) is 37.7. The lowest BCUT2D eigenvalue weighted by Crippen LogP contribution is -2.09. The van der Waals surface area contributed by atoms with Gasteiger partial charge in [0.05, 0.1) is 0 Å². The van der Waals surface area contributed by atoms with Crippen LogP contribution < -0.4 is 14.7 Å². The highest BCUT2D eigenvalue weighted by molar-refractivity contribution is 6.30. The third-order valence-corrected chi connectivity index (χ3v) is 14.2. The average molecular weight is 978 g/mol. The molecular weight excluding hydrogens is 931 g/mol. The van der Waals surface area contributed by atoms with Crippen molar-refractivity contribution in [1.82, 2.24) is 0 Å². The minimum atomic E-state index is 0.681. The van der Waals surface area contributed by atoms with Crippen molar-refractivity contribution in [2.45, 2.75) is 0 Å². The summed E-state index contributed by atoms with van der Waals surface area (Å²) >= 11 is 0. The zero-order valence-corrected chi connectivity index (χ0v) is 41.2. The lowest BCUT2D eigenvalue weighted by Gasteiger charge is -2.25. The summed E-state index contributed by atoms with van der Waals surface area (Å²) in [5.41, 5.74) is 14.7. The Morgan fingerprint density at radius 3 is 0.829 bits per heavy atom. The molecule has 0 aliphatic heterocycles. The molecule has 0 atom stereocenters. The molecule has 0 radical (unpaired) electrons. The summed E-state index contributed by atoms with van der Waals surface area (Å²) in [5.74, 6) is 2.27. The van der Waals surface area contributed by atoms with Crippen molar-refractivity contribution < 1.29 is 13.3 Å². The van der Waals surface area contributed by atoms with Gasteiger partial charge in [-0.25, -0.2) is 0 Å². The summed E-state index contributed by atoms with van der Waals surface area (Å²) in [5, 5.41) is 5.00. The number of anilines is 9. The number of hydrogen-bond donors (Lipinski definition) is 0. The molecule has 76 heavy (non-hydrogen) atoms. The zero-order chi connectivity index (χ0) is 50.4. The standard InChI is InChI=1S/C70H47N3O3/c1-7-19-51(20-8-1)71(52-21-9-2-10-22-52)57-37-31-48(32-38-57)65-46-62-64(74-65)44-43-60-61-45-66(49-33-39-58(40-34-49)72(53-23-11-3-12-24-53)54-25-13-4-14-26-54)75-69(61)70-63(68(60)62)47-67(76-70)50-35-41-59(42-36-50)73(55-27-15-5-16-28-55)56-29-17-6-18-30-56/h1-47H. The molecule has 6 nitrogen and oxygen atoms in total. The number of fused-ring (bicyclic) bond motifs is 8. The van der Waals surface area contributed by atoms with Crippen LogP contribution in [0.3, 0.4) is 0 Å². The third kappa shape index (κ3) is 8.02. The lowest BCUT2D eigenvalue weighted by molar-refractivity contribution is 0.598. The van der Waals surface area contributed by atoms with Gasteiger partial charge in [0.1, 0.15) is 22.9 Å². The van der Waals surface area contributed by atoms with E-state index in [4.69, 9.17) is 13.3 Å². The van der Waals surface area contributed by atoms with Crippen LogP contribution in [-0.4, -0.2) is 0 Å². The van der Waals surface area contributed by atoms with Crippen molar-refractivity contribution in [3.63, 3.8) is 0 Å². The second-order valence-electron chi connectivity index (χ2n) is 18.9. The van der Waals surface area contributed by atoms with E-state index in [9.17, 15) is 0 Å². The highest BCUT2D eigenvalue weighted by Gasteiger charge is 2.24. The normalized spacial score (nSPS) is 11.4. The van der Waals surface area contributed by atoms with Crippen LogP contribution in [-0.2, 0) is 0 Å². The summed E-state index contributed by atoms with van der Waals surface area (Å²) in [6.45, 7) is 0. The maximum atomic E-state index is 7.04. The number of nitrogens with zero attached hydrogens (tertiary/aromatic N) is 3. The number of para-hydroxylation sites is 6. The summed E-state index contributed by atoms with van der Waals surface area (Å²) in [4.78, 5) is 6.79. The first-order valence-electron chi connectivity index (χ1n) is 25.6. The van der Waals surface area contributed by atoms with E-state index in [-0.39, 0.29) is 0 Å². The van der Waals surface area contributed by atoms with Gasteiger partial charge in [0.2, 0.25) is 0 Å². The van der Waals surface area contributed by atoms with Gasteiger partial charge < -0.3 is 28.0 Å². The van der Waals surface area contributed by atoms with Crippen molar-refractivity contribution in [2.24, 2.45) is 0 Å². The van der Waals surface area contributed by atoms with Crippen molar-refractivity contribution in [2.75, 3.05) is 14.7 Å². The molecule has 0 N–H and O–H groups in total. The fourth-order valence-corrected chi connectivity index (χ4v) is 10.7. The van der Waals surface area contributed by atoms with Gasteiger partial charge >= 0.3 is 0 Å². The Balaban J connectivity index is 0.895. The van der Waals surface area contributed by atoms with Crippen LogP contribution in [0.4, 0.5) is 51.2 Å². The molecule has 360 valence electrons. The SMILES string of the molecule is c1ccc(N(c2ccccc2)c2ccc(-c3cc4c(ccc5c6cc(-c7ccc(N(c8ccccc8)c8ccccc8)cc7)oc6c6oc(-c7ccc(N(c8ccccc8)c8ccccc8)cc7)cc6c45)o3)cc2)cc1. The van der Waals surface area contributed by atoms with Crippen LogP contribution in [0.2, 0.25) is 0 Å². The molecule has 14 rings (SSSR count). The Labute approximate surface area is 439 Å². The van der Waals surface area contributed by atoms with Gasteiger partial charge in [-0.2, -0.15) is 0 Å². The maximum absolute atomic E-state index is 7.04. The largest absolute Gasteiger partial charge is 0.456 e. The van der Waals surface area contributed by atoms with Gasteiger partial charge in [0.15, 0.2) is 11.2 Å². The fourth-order valence-electron chi connectivity index (χ4n) is 10.7. The molecular formula is C70H47N3O3. The van der Waals surface area contributed by atoms with E-state index in [0.29, 0.717) is 11.2 Å². The molecule has 6 heteroatoms. The van der Waals surface area contributed by atoms with Crippen LogP contribution in [0.5, 0.6) is 0 Å². The van der Waals surface area contributed by atoms with E-state index < -0.39 is 0 Å². The predicted molar refractivity (Wildman–Crippen MR) is 314 cm³/mol. The third-order valence-electron chi connectivity index (χ3n) is 14.2. The molecule has 0 spiro atoms. The molecule has 0 amide bonds. The van der Waals surface area contributed by atoms with Gasteiger partial charge in [-0.05, 0) is 181 Å². The second-order valence-corrected chi connectivity index (χ2v) is 18.9. The maximum Gasteiger partial charge on any atom is 0.178 e. The van der Waals surface area contributed by atoms with E-state index in [1.807, 2.05) is 36.4 Å². The van der Waals surface area contributed by atoms with Gasteiger partial charge in [0.25, 0.3) is 0 Å². The van der Waals surface area contributed by atoms with E-state index in [0.717, 1.165) is 118 Å². The fraction of sp³-hybridized carbons (Fsp3) is 0. The summed E-state index contributed by atoms with van der Waals surface area (Å²) in [7, 11) is 0. The van der Waals surface area contributed by atoms with E-state index in [1.54, 1.807) is 0 Å². The van der Waals surface area contributed by atoms with Crippen LogP contribution in [0.15, 0.2) is 298 Å². The lowest BCUT2D eigenvalue weighted by atomic mass is 9.98. The first-order valence-corrected chi connectivity index (χ1v) is 25.6. The molecule has 0 saturated carbocycles. The van der Waals surface area contributed by atoms with Crippen LogP contribution in [0.25, 0.3) is 77.7 Å². The first kappa shape index (κ1) is 44.4. The summed E-state index contributed by atoms with van der Waals surface area (Å²) < 4.78 is 20.8. The van der Waals surface area contributed by atoms with Crippen LogP contribution in [0, 0.1) is 0 Å². The highest BCUT2D eigenvalue weighted by Crippen LogP contribution is 2.47. The molecule has 3 aromatic heterocycles. The molecule has 0 saturated heterocycles. The smallest absolute Gasteiger partial charge is 0.178 e. The van der Waals surface area contributed by atoms with Crippen molar-refractivity contribution in [3.8, 4) is 34.0 Å². The molecule has 11 aromatic carbocycles. The molecule has 0 unspecified atom stereocenters. The van der Waals surface area contributed by atoms with Crippen molar-refractivity contribution >= 4 is 94.9 Å².